The van der Waals surface area contributed by atoms with E-state index in [1.54, 1.807) is 13.0 Å². The molecule has 0 aliphatic carbocycles. The van der Waals surface area contributed by atoms with Gasteiger partial charge in [-0.1, -0.05) is 0 Å². The quantitative estimate of drug-likeness (QED) is 0.843. The van der Waals surface area contributed by atoms with Crippen molar-refractivity contribution in [2.75, 3.05) is 17.2 Å². The van der Waals surface area contributed by atoms with Crippen LogP contribution >= 0.6 is 0 Å². The van der Waals surface area contributed by atoms with Crippen LogP contribution in [0.15, 0.2) is 12.3 Å². The van der Waals surface area contributed by atoms with Crippen molar-refractivity contribution in [3.63, 3.8) is 0 Å². The minimum atomic E-state index is -4.21. The molecule has 1 aliphatic rings. The fraction of sp³-hybridized carbons (Fsp3) is 0.583. The third kappa shape index (κ3) is 2.52. The van der Waals surface area contributed by atoms with Gasteiger partial charge in [0.05, 0.1) is 11.9 Å². The monoisotopic (exact) mass is 259 g/mol. The molecular weight excluding hydrogens is 243 g/mol. The molecule has 1 atom stereocenters. The lowest BCUT2D eigenvalue weighted by molar-refractivity contribution is -0.152. The van der Waals surface area contributed by atoms with Crippen LogP contribution in [-0.4, -0.2) is 23.7 Å². The van der Waals surface area contributed by atoms with Crippen LogP contribution < -0.4 is 10.6 Å². The zero-order chi connectivity index (χ0) is 13.3. The second-order valence-corrected chi connectivity index (χ2v) is 4.65. The summed E-state index contributed by atoms with van der Waals surface area (Å²) in [6.07, 6.45) is -1.29. The lowest BCUT2D eigenvalue weighted by atomic mass is 10.0. The predicted molar refractivity (Wildman–Crippen MR) is 64.4 cm³/mol. The molecule has 1 aliphatic heterocycles. The van der Waals surface area contributed by atoms with Crippen LogP contribution in [0.3, 0.4) is 0 Å². The number of hydrogen-bond donors (Lipinski definition) is 1. The van der Waals surface area contributed by atoms with Gasteiger partial charge in [-0.3, -0.25) is 0 Å². The number of nitrogens with zero attached hydrogens (tertiary/aromatic N) is 2. The van der Waals surface area contributed by atoms with Crippen molar-refractivity contribution in [1.82, 2.24) is 4.98 Å². The number of aryl methyl sites for hydroxylation is 1. The van der Waals surface area contributed by atoms with Gasteiger partial charge in [0.2, 0.25) is 0 Å². The summed E-state index contributed by atoms with van der Waals surface area (Å²) in [5, 5.41) is 0. The zero-order valence-corrected chi connectivity index (χ0v) is 10.2. The smallest absolute Gasteiger partial charge is 0.397 e. The lowest BCUT2D eigenvalue weighted by Gasteiger charge is -2.37. The van der Waals surface area contributed by atoms with E-state index in [1.807, 2.05) is 0 Å². The van der Waals surface area contributed by atoms with Crippen molar-refractivity contribution >= 4 is 11.5 Å². The number of rotatable bonds is 1. The van der Waals surface area contributed by atoms with Crippen LogP contribution in [-0.2, 0) is 0 Å². The maximum Gasteiger partial charge on any atom is 0.408 e. The minimum Gasteiger partial charge on any atom is -0.397 e. The molecule has 0 bridgehead atoms. The Balaban J connectivity index is 2.31. The average Bonchev–Trinajstić information content (AvgIpc) is 2.32. The first-order valence-corrected chi connectivity index (χ1v) is 5.95. The van der Waals surface area contributed by atoms with Crippen molar-refractivity contribution in [1.29, 1.82) is 0 Å². The molecule has 1 unspecified atom stereocenters. The number of nitrogens with two attached hydrogens (primary N) is 1. The number of aromatic nitrogens is 1. The van der Waals surface area contributed by atoms with Gasteiger partial charge in [0.15, 0.2) is 0 Å². The maximum atomic E-state index is 13.0. The number of piperidine rings is 1. The highest BCUT2D eigenvalue weighted by molar-refractivity contribution is 5.52. The molecule has 0 radical (unpaired) electrons. The van der Waals surface area contributed by atoms with Gasteiger partial charge in [0, 0.05) is 6.54 Å². The van der Waals surface area contributed by atoms with Crippen LogP contribution in [0.1, 0.15) is 24.8 Å². The number of alkyl halides is 3. The van der Waals surface area contributed by atoms with Gasteiger partial charge in [0.1, 0.15) is 11.9 Å². The van der Waals surface area contributed by atoms with Crippen LogP contribution in [0.4, 0.5) is 24.7 Å². The van der Waals surface area contributed by atoms with Crippen molar-refractivity contribution in [3.05, 3.63) is 17.8 Å². The summed E-state index contributed by atoms with van der Waals surface area (Å²) < 4.78 is 38.9. The molecule has 0 spiro atoms. The number of halogens is 3. The van der Waals surface area contributed by atoms with Crippen LogP contribution in [0.2, 0.25) is 0 Å². The topological polar surface area (TPSA) is 42.2 Å². The zero-order valence-electron chi connectivity index (χ0n) is 10.2. The molecule has 0 amide bonds. The first-order valence-electron chi connectivity index (χ1n) is 5.95. The number of hydrogen-bond acceptors (Lipinski definition) is 3. The highest BCUT2D eigenvalue weighted by atomic mass is 19.4. The third-order valence-corrected chi connectivity index (χ3v) is 3.31. The molecule has 100 valence electrons. The van der Waals surface area contributed by atoms with Crippen LogP contribution in [0, 0.1) is 6.92 Å². The fourth-order valence-electron chi connectivity index (χ4n) is 2.25. The summed E-state index contributed by atoms with van der Waals surface area (Å²) in [5.74, 6) is 0.365. The first-order chi connectivity index (χ1) is 8.39. The Bertz CT molecular complexity index is 431. The van der Waals surface area contributed by atoms with E-state index in [0.29, 0.717) is 24.5 Å². The molecule has 1 aromatic rings. The summed E-state index contributed by atoms with van der Waals surface area (Å²) in [7, 11) is 0. The van der Waals surface area contributed by atoms with Gasteiger partial charge in [0.25, 0.3) is 0 Å². The number of pyridine rings is 1. The average molecular weight is 259 g/mol. The Morgan fingerprint density at radius 3 is 2.72 bits per heavy atom. The minimum absolute atomic E-state index is 0.134. The standard InChI is InChI=1S/C12H16F3N3/c1-8-6-11(17-7-9(8)16)18-5-3-2-4-10(18)12(13,14)15/h6-7,10H,2-5,16H2,1H3. The SMILES string of the molecule is Cc1cc(N2CCCCC2C(F)(F)F)ncc1N. The molecular formula is C12H16F3N3. The molecule has 2 N–H and O–H groups in total. The highest BCUT2D eigenvalue weighted by Crippen LogP contribution is 2.34. The second-order valence-electron chi connectivity index (χ2n) is 4.65. The Kier molecular flexibility index (Phi) is 3.36. The normalized spacial score (nSPS) is 21.1. The molecule has 18 heavy (non-hydrogen) atoms. The van der Waals surface area contributed by atoms with Gasteiger partial charge >= 0.3 is 6.18 Å². The van der Waals surface area contributed by atoms with Crippen molar-refractivity contribution in [2.24, 2.45) is 0 Å². The molecule has 6 heteroatoms. The van der Waals surface area contributed by atoms with Crippen LogP contribution in [0.25, 0.3) is 0 Å². The van der Waals surface area contributed by atoms with Gasteiger partial charge in [-0.25, -0.2) is 4.98 Å². The lowest BCUT2D eigenvalue weighted by Crippen LogP contribution is -2.49. The third-order valence-electron chi connectivity index (χ3n) is 3.31. The van der Waals surface area contributed by atoms with E-state index >= 15 is 0 Å². The number of nitrogen functional groups attached to an aromatic ring is 1. The predicted octanol–water partition coefficient (Wildman–Crippen LogP) is 2.89. The Hall–Kier alpha value is -1.46. The molecule has 2 heterocycles. The van der Waals surface area contributed by atoms with E-state index in [4.69, 9.17) is 5.73 Å². The Morgan fingerprint density at radius 2 is 2.11 bits per heavy atom. The first kappa shape index (κ1) is 13.0. The largest absolute Gasteiger partial charge is 0.408 e. The van der Waals surface area contributed by atoms with E-state index in [2.05, 4.69) is 4.98 Å². The Labute approximate surface area is 104 Å². The molecule has 3 nitrogen and oxygen atoms in total. The summed E-state index contributed by atoms with van der Waals surface area (Å²) in [6, 6.07) is 0.195. The van der Waals surface area contributed by atoms with E-state index in [0.717, 1.165) is 12.0 Å². The van der Waals surface area contributed by atoms with Crippen molar-refractivity contribution in [2.45, 2.75) is 38.4 Å². The highest BCUT2D eigenvalue weighted by Gasteiger charge is 2.44. The van der Waals surface area contributed by atoms with Gasteiger partial charge in [-0.2, -0.15) is 13.2 Å². The Morgan fingerprint density at radius 1 is 1.39 bits per heavy atom. The van der Waals surface area contributed by atoms with Gasteiger partial charge in [-0.05, 0) is 37.8 Å². The summed E-state index contributed by atoms with van der Waals surface area (Å²) in [4.78, 5) is 5.37. The molecule has 0 aromatic carbocycles. The molecule has 1 saturated heterocycles. The second kappa shape index (κ2) is 4.66. The van der Waals surface area contributed by atoms with E-state index in [-0.39, 0.29) is 6.42 Å². The van der Waals surface area contributed by atoms with Gasteiger partial charge < -0.3 is 10.6 Å². The van der Waals surface area contributed by atoms with E-state index < -0.39 is 12.2 Å². The molecule has 2 rings (SSSR count). The molecule has 0 saturated carbocycles. The fourth-order valence-corrected chi connectivity index (χ4v) is 2.25. The van der Waals surface area contributed by atoms with Crippen molar-refractivity contribution in [3.8, 4) is 0 Å². The maximum absolute atomic E-state index is 13.0. The number of anilines is 2. The summed E-state index contributed by atoms with van der Waals surface area (Å²) >= 11 is 0. The molecule has 1 fully saturated rings. The van der Waals surface area contributed by atoms with E-state index in [9.17, 15) is 13.2 Å². The summed E-state index contributed by atoms with van der Waals surface area (Å²) in [6.45, 7) is 2.16. The van der Waals surface area contributed by atoms with Gasteiger partial charge in [-0.15, -0.1) is 0 Å². The molecule has 1 aromatic heterocycles. The van der Waals surface area contributed by atoms with E-state index in [1.165, 1.54) is 11.1 Å². The van der Waals surface area contributed by atoms with Crippen molar-refractivity contribution < 1.29 is 13.2 Å². The summed E-state index contributed by atoms with van der Waals surface area (Å²) in [5.41, 5.74) is 6.89. The van der Waals surface area contributed by atoms with Crippen LogP contribution in [0.5, 0.6) is 0 Å².